The van der Waals surface area contributed by atoms with Crippen molar-refractivity contribution in [2.45, 2.75) is 0 Å². The fourth-order valence-corrected chi connectivity index (χ4v) is 1.97. The Morgan fingerprint density at radius 1 is 0.857 bits per heavy atom. The first-order chi connectivity index (χ1) is 10.2. The maximum Gasteiger partial charge on any atom is 0.211 e. The van der Waals surface area contributed by atoms with Crippen molar-refractivity contribution in [3.05, 3.63) is 83.9 Å². The average Bonchev–Trinajstić information content (AvgIpc) is 2.56. The van der Waals surface area contributed by atoms with Crippen LogP contribution in [0, 0.1) is 5.82 Å². The molecule has 0 fully saturated rings. The van der Waals surface area contributed by atoms with Crippen molar-refractivity contribution < 1.29 is 9.18 Å². The van der Waals surface area contributed by atoms with Crippen LogP contribution in [0.15, 0.2) is 66.9 Å². The van der Waals surface area contributed by atoms with Gasteiger partial charge in [-0.1, -0.05) is 12.1 Å². The van der Waals surface area contributed by atoms with Crippen LogP contribution in [0.3, 0.4) is 0 Å². The van der Waals surface area contributed by atoms with Crippen LogP contribution in [0.2, 0.25) is 0 Å². The summed E-state index contributed by atoms with van der Waals surface area (Å²) in [6, 6.07) is 16.1. The summed E-state index contributed by atoms with van der Waals surface area (Å²) >= 11 is 0. The van der Waals surface area contributed by atoms with Gasteiger partial charge in [0.1, 0.15) is 11.5 Å². The summed E-state index contributed by atoms with van der Waals surface area (Å²) in [4.78, 5) is 20.9. The van der Waals surface area contributed by atoms with Crippen LogP contribution >= 0.6 is 0 Å². The monoisotopic (exact) mass is 278 g/mol. The van der Waals surface area contributed by atoms with Gasteiger partial charge in [0.15, 0.2) is 0 Å². The lowest BCUT2D eigenvalue weighted by atomic mass is 10.1. The number of pyridine rings is 2. The van der Waals surface area contributed by atoms with Gasteiger partial charge in [0.25, 0.3) is 0 Å². The number of hydrogen-bond donors (Lipinski definition) is 0. The van der Waals surface area contributed by atoms with Crippen molar-refractivity contribution in [2.75, 3.05) is 0 Å². The molecule has 0 atom stereocenters. The summed E-state index contributed by atoms with van der Waals surface area (Å²) in [5.74, 6) is -0.616. The summed E-state index contributed by atoms with van der Waals surface area (Å²) in [5, 5.41) is 0. The van der Waals surface area contributed by atoms with Crippen LogP contribution in [0.4, 0.5) is 4.39 Å². The van der Waals surface area contributed by atoms with Gasteiger partial charge in [0.2, 0.25) is 5.78 Å². The van der Waals surface area contributed by atoms with Crippen molar-refractivity contribution in [3.8, 4) is 11.4 Å². The Kier molecular flexibility index (Phi) is 3.51. The molecule has 0 radical (unpaired) electrons. The number of halogens is 1. The Morgan fingerprint density at radius 2 is 1.62 bits per heavy atom. The standard InChI is InChI=1S/C17H11FN2O/c18-13-9-7-12(8-10-13)17(21)16-6-3-5-15(20-16)14-4-1-2-11-19-14/h1-11H. The first-order valence-corrected chi connectivity index (χ1v) is 6.43. The van der Waals surface area contributed by atoms with E-state index in [2.05, 4.69) is 9.97 Å². The molecule has 3 nitrogen and oxygen atoms in total. The molecule has 0 unspecified atom stereocenters. The number of aromatic nitrogens is 2. The number of nitrogens with zero attached hydrogens (tertiary/aromatic N) is 2. The number of carbonyl (C=O) groups is 1. The molecule has 1 aromatic carbocycles. The number of ketones is 1. The molecule has 102 valence electrons. The van der Waals surface area contributed by atoms with E-state index in [4.69, 9.17) is 0 Å². The maximum atomic E-state index is 12.9. The summed E-state index contributed by atoms with van der Waals surface area (Å²) in [6.07, 6.45) is 1.67. The number of carbonyl (C=O) groups excluding carboxylic acids is 1. The zero-order valence-electron chi connectivity index (χ0n) is 11.0. The highest BCUT2D eigenvalue weighted by molar-refractivity contribution is 6.07. The number of hydrogen-bond acceptors (Lipinski definition) is 3. The highest BCUT2D eigenvalue weighted by Crippen LogP contribution is 2.16. The van der Waals surface area contributed by atoms with E-state index in [0.29, 0.717) is 22.6 Å². The first-order valence-electron chi connectivity index (χ1n) is 6.43. The Balaban J connectivity index is 1.96. The SMILES string of the molecule is O=C(c1ccc(F)cc1)c1cccc(-c2ccccn2)n1. The molecule has 0 amide bonds. The molecule has 0 saturated carbocycles. The van der Waals surface area contributed by atoms with Gasteiger partial charge in [-0.2, -0.15) is 0 Å². The molecule has 3 aromatic rings. The second-order valence-corrected chi connectivity index (χ2v) is 4.46. The van der Waals surface area contributed by atoms with Crippen LogP contribution < -0.4 is 0 Å². The fourth-order valence-electron chi connectivity index (χ4n) is 1.97. The van der Waals surface area contributed by atoms with Crippen molar-refractivity contribution in [1.82, 2.24) is 9.97 Å². The lowest BCUT2D eigenvalue weighted by molar-refractivity contribution is 0.103. The molecule has 21 heavy (non-hydrogen) atoms. The Morgan fingerprint density at radius 3 is 2.33 bits per heavy atom. The van der Waals surface area contributed by atoms with E-state index in [1.165, 1.54) is 24.3 Å². The van der Waals surface area contributed by atoms with Gasteiger partial charge in [-0.25, -0.2) is 9.37 Å². The fraction of sp³-hybridized carbons (Fsp3) is 0. The van der Waals surface area contributed by atoms with Gasteiger partial charge < -0.3 is 0 Å². The molecule has 0 aliphatic rings. The molecule has 4 heteroatoms. The Hall–Kier alpha value is -2.88. The third-order valence-electron chi connectivity index (χ3n) is 3.02. The predicted octanol–water partition coefficient (Wildman–Crippen LogP) is 3.51. The Labute approximate surface area is 121 Å². The van der Waals surface area contributed by atoms with Crippen molar-refractivity contribution >= 4 is 5.78 Å². The second-order valence-electron chi connectivity index (χ2n) is 4.46. The highest BCUT2D eigenvalue weighted by Gasteiger charge is 2.12. The quantitative estimate of drug-likeness (QED) is 0.688. The smallest absolute Gasteiger partial charge is 0.211 e. The zero-order chi connectivity index (χ0) is 14.7. The Bertz CT molecular complexity index is 770. The van der Waals surface area contributed by atoms with Gasteiger partial charge in [0, 0.05) is 11.8 Å². The summed E-state index contributed by atoms with van der Waals surface area (Å²) in [7, 11) is 0. The van der Waals surface area contributed by atoms with E-state index in [-0.39, 0.29) is 11.6 Å². The molecule has 0 bridgehead atoms. The summed E-state index contributed by atoms with van der Waals surface area (Å²) < 4.78 is 12.9. The molecule has 0 aliphatic heterocycles. The molecule has 2 aromatic heterocycles. The van der Waals surface area contributed by atoms with Crippen LogP contribution in [0.1, 0.15) is 16.1 Å². The molecule has 2 heterocycles. The van der Waals surface area contributed by atoms with Crippen molar-refractivity contribution in [1.29, 1.82) is 0 Å². The van der Waals surface area contributed by atoms with Crippen molar-refractivity contribution in [2.24, 2.45) is 0 Å². The van der Waals surface area contributed by atoms with E-state index in [1.807, 2.05) is 18.2 Å². The molecule has 0 aliphatic carbocycles. The van der Waals surface area contributed by atoms with E-state index < -0.39 is 0 Å². The molecule has 0 saturated heterocycles. The predicted molar refractivity (Wildman–Crippen MR) is 77.3 cm³/mol. The minimum absolute atomic E-state index is 0.243. The number of rotatable bonds is 3. The molecule has 0 spiro atoms. The molecule has 0 N–H and O–H groups in total. The van der Waals surface area contributed by atoms with E-state index in [9.17, 15) is 9.18 Å². The minimum atomic E-state index is -0.373. The minimum Gasteiger partial charge on any atom is -0.287 e. The lowest BCUT2D eigenvalue weighted by Gasteiger charge is -2.04. The third-order valence-corrected chi connectivity index (χ3v) is 3.02. The molecular formula is C17H11FN2O. The van der Waals surface area contributed by atoms with Gasteiger partial charge in [-0.05, 0) is 48.5 Å². The largest absolute Gasteiger partial charge is 0.287 e. The van der Waals surface area contributed by atoms with E-state index in [0.717, 1.165) is 0 Å². The third kappa shape index (κ3) is 2.84. The molecular weight excluding hydrogens is 267 g/mol. The van der Waals surface area contributed by atoms with E-state index in [1.54, 1.807) is 24.4 Å². The highest BCUT2D eigenvalue weighted by atomic mass is 19.1. The van der Waals surface area contributed by atoms with Crippen LogP contribution in [-0.4, -0.2) is 15.8 Å². The topological polar surface area (TPSA) is 42.9 Å². The lowest BCUT2D eigenvalue weighted by Crippen LogP contribution is -2.04. The second kappa shape index (κ2) is 5.63. The maximum absolute atomic E-state index is 12.9. The van der Waals surface area contributed by atoms with Gasteiger partial charge in [-0.3, -0.25) is 9.78 Å². The van der Waals surface area contributed by atoms with Crippen LogP contribution in [0.25, 0.3) is 11.4 Å². The van der Waals surface area contributed by atoms with Crippen LogP contribution in [-0.2, 0) is 0 Å². The van der Waals surface area contributed by atoms with Crippen molar-refractivity contribution in [3.63, 3.8) is 0 Å². The summed E-state index contributed by atoms with van der Waals surface area (Å²) in [5.41, 5.74) is 2.04. The average molecular weight is 278 g/mol. The van der Waals surface area contributed by atoms with E-state index >= 15 is 0 Å². The van der Waals surface area contributed by atoms with Gasteiger partial charge in [-0.15, -0.1) is 0 Å². The first kappa shape index (κ1) is 13.1. The summed E-state index contributed by atoms with van der Waals surface area (Å²) in [6.45, 7) is 0. The zero-order valence-corrected chi connectivity index (χ0v) is 11.0. The molecule has 3 rings (SSSR count). The van der Waals surface area contributed by atoms with Gasteiger partial charge >= 0.3 is 0 Å². The van der Waals surface area contributed by atoms with Gasteiger partial charge in [0.05, 0.1) is 11.4 Å². The number of benzene rings is 1. The van der Waals surface area contributed by atoms with Crippen LogP contribution in [0.5, 0.6) is 0 Å². The normalized spacial score (nSPS) is 10.3.